The molecule has 0 bridgehead atoms. The summed E-state index contributed by atoms with van der Waals surface area (Å²) in [6.45, 7) is 15.2. The number of carbonyl (C=O) groups is 2. The molecule has 3 rings (SSSR count). The van der Waals surface area contributed by atoms with Crippen molar-refractivity contribution >= 4 is 17.5 Å². The average molecular weight is 500 g/mol. The van der Waals surface area contributed by atoms with E-state index in [4.69, 9.17) is 0 Å². The molecule has 0 N–H and O–H groups in total. The average Bonchev–Trinajstić information content (AvgIpc) is 2.83. The number of nitrogens with zero attached hydrogens (tertiary/aromatic N) is 5. The van der Waals surface area contributed by atoms with E-state index in [2.05, 4.69) is 48.7 Å². The molecule has 2 aliphatic rings. The molecule has 202 valence electrons. The molecule has 1 fully saturated rings. The maximum absolute atomic E-state index is 13.5. The summed E-state index contributed by atoms with van der Waals surface area (Å²) in [6, 6.07) is 6.04. The monoisotopic (exact) mass is 499 g/mol. The zero-order chi connectivity index (χ0) is 26.1. The lowest BCUT2D eigenvalue weighted by Crippen LogP contribution is -2.50. The van der Waals surface area contributed by atoms with E-state index in [1.807, 2.05) is 21.9 Å². The Labute approximate surface area is 219 Å². The van der Waals surface area contributed by atoms with Crippen molar-refractivity contribution in [2.24, 2.45) is 5.92 Å². The molecule has 0 radical (unpaired) electrons. The number of hydrogen-bond acceptors (Lipinski definition) is 5. The fraction of sp³-hybridized carbons (Fsp3) is 0.724. The molecule has 0 saturated carbocycles. The zero-order valence-electron chi connectivity index (χ0n) is 23.5. The molecule has 0 aromatic heterocycles. The molecule has 1 aromatic carbocycles. The molecule has 7 nitrogen and oxygen atoms in total. The highest BCUT2D eigenvalue weighted by atomic mass is 16.2. The zero-order valence-corrected chi connectivity index (χ0v) is 23.5. The van der Waals surface area contributed by atoms with E-state index in [0.29, 0.717) is 5.92 Å². The molecule has 7 heteroatoms. The van der Waals surface area contributed by atoms with Gasteiger partial charge in [0.15, 0.2) is 0 Å². The number of anilines is 1. The summed E-state index contributed by atoms with van der Waals surface area (Å²) < 4.78 is 0. The van der Waals surface area contributed by atoms with Crippen molar-refractivity contribution in [1.82, 2.24) is 19.6 Å². The Morgan fingerprint density at radius 3 is 2.19 bits per heavy atom. The largest absolute Gasteiger partial charge is 0.336 e. The highest BCUT2D eigenvalue weighted by Gasteiger charge is 2.25. The van der Waals surface area contributed by atoms with Gasteiger partial charge in [-0.25, -0.2) is 0 Å². The summed E-state index contributed by atoms with van der Waals surface area (Å²) in [7, 11) is 4.20. The van der Waals surface area contributed by atoms with Gasteiger partial charge in [-0.15, -0.1) is 0 Å². The van der Waals surface area contributed by atoms with Crippen LogP contribution in [0.15, 0.2) is 18.2 Å². The van der Waals surface area contributed by atoms with E-state index < -0.39 is 0 Å². The molecule has 2 amide bonds. The molecular weight excluding hydrogens is 450 g/mol. The van der Waals surface area contributed by atoms with Gasteiger partial charge in [-0.2, -0.15) is 0 Å². The fourth-order valence-corrected chi connectivity index (χ4v) is 5.38. The third-order valence-electron chi connectivity index (χ3n) is 7.39. The Bertz CT molecular complexity index is 848. The van der Waals surface area contributed by atoms with Gasteiger partial charge >= 0.3 is 0 Å². The van der Waals surface area contributed by atoms with Crippen molar-refractivity contribution in [2.75, 3.05) is 77.9 Å². The van der Waals surface area contributed by atoms with Crippen molar-refractivity contribution in [3.05, 3.63) is 29.3 Å². The van der Waals surface area contributed by atoms with E-state index in [0.717, 1.165) is 95.1 Å². The smallest absolute Gasteiger partial charge is 0.253 e. The third kappa shape index (κ3) is 8.56. The molecule has 2 aliphatic heterocycles. The predicted molar refractivity (Wildman–Crippen MR) is 149 cm³/mol. The van der Waals surface area contributed by atoms with Crippen molar-refractivity contribution in [3.63, 3.8) is 0 Å². The van der Waals surface area contributed by atoms with Crippen LogP contribution in [0.25, 0.3) is 0 Å². The van der Waals surface area contributed by atoms with E-state index in [1.165, 1.54) is 19.3 Å². The summed E-state index contributed by atoms with van der Waals surface area (Å²) in [5, 5.41) is 0. The maximum atomic E-state index is 13.5. The summed E-state index contributed by atoms with van der Waals surface area (Å²) in [5.41, 5.74) is 2.82. The van der Waals surface area contributed by atoms with Crippen LogP contribution >= 0.6 is 0 Å². The molecular formula is C29H49N5O2. The van der Waals surface area contributed by atoms with Crippen molar-refractivity contribution in [1.29, 1.82) is 0 Å². The second-order valence-electron chi connectivity index (χ2n) is 11.3. The lowest BCUT2D eigenvalue weighted by atomic mass is 10.0. The van der Waals surface area contributed by atoms with Crippen LogP contribution in [0.4, 0.5) is 5.69 Å². The Morgan fingerprint density at radius 2 is 1.56 bits per heavy atom. The lowest BCUT2D eigenvalue weighted by molar-refractivity contribution is -0.116. The second kappa shape index (κ2) is 14.1. The van der Waals surface area contributed by atoms with E-state index >= 15 is 0 Å². The van der Waals surface area contributed by atoms with Crippen LogP contribution in [0.2, 0.25) is 0 Å². The van der Waals surface area contributed by atoms with E-state index in [9.17, 15) is 9.59 Å². The van der Waals surface area contributed by atoms with Gasteiger partial charge < -0.3 is 14.7 Å². The van der Waals surface area contributed by atoms with Crippen molar-refractivity contribution < 1.29 is 9.59 Å². The highest BCUT2D eigenvalue weighted by molar-refractivity contribution is 5.97. The highest BCUT2D eigenvalue weighted by Crippen LogP contribution is 2.27. The molecule has 2 heterocycles. The van der Waals surface area contributed by atoms with Gasteiger partial charge in [0.05, 0.1) is 0 Å². The van der Waals surface area contributed by atoms with Crippen LogP contribution in [-0.2, 0) is 11.3 Å². The standard InChI is InChI=1S/C29H49N5O2/c1-24(2)22-32-13-9-7-6-8-10-14-34(25(3)35)28-12-11-26(21-27(28)23-32)29(36)33-19-17-31(18-20-33)16-15-30(4)5/h11-12,21,24H,6-10,13-20,22-23H2,1-5H3. The van der Waals surface area contributed by atoms with Crippen LogP contribution in [0.3, 0.4) is 0 Å². The molecule has 0 atom stereocenters. The Morgan fingerprint density at radius 1 is 0.889 bits per heavy atom. The minimum atomic E-state index is 0.0802. The SMILES string of the molecule is CC(=O)N1CCCCCCCN(CC(C)C)Cc2cc(C(=O)N3CCN(CCN(C)C)CC3)ccc21. The predicted octanol–water partition coefficient (Wildman–Crippen LogP) is 3.78. The molecule has 1 aromatic rings. The van der Waals surface area contributed by atoms with Crippen molar-refractivity contribution in [3.8, 4) is 0 Å². The summed E-state index contributed by atoms with van der Waals surface area (Å²) in [6.07, 6.45) is 5.84. The molecule has 0 aliphatic carbocycles. The Kier molecular flexibility index (Phi) is 11.2. The number of likely N-dealkylation sites (N-methyl/N-ethyl adjacent to an activating group) is 1. The fourth-order valence-electron chi connectivity index (χ4n) is 5.38. The minimum Gasteiger partial charge on any atom is -0.336 e. The minimum absolute atomic E-state index is 0.0802. The summed E-state index contributed by atoms with van der Waals surface area (Å²) in [5.74, 6) is 0.761. The van der Waals surface area contributed by atoms with Gasteiger partial charge in [-0.1, -0.05) is 33.1 Å². The first kappa shape index (κ1) is 28.6. The van der Waals surface area contributed by atoms with Gasteiger partial charge in [-0.05, 0) is 63.2 Å². The molecule has 1 saturated heterocycles. The number of benzene rings is 1. The number of fused-ring (bicyclic) bond motifs is 1. The number of hydrogen-bond donors (Lipinski definition) is 0. The summed E-state index contributed by atoms with van der Waals surface area (Å²) in [4.78, 5) is 37.3. The maximum Gasteiger partial charge on any atom is 0.253 e. The Hall–Kier alpha value is -1.96. The van der Waals surface area contributed by atoms with Crippen LogP contribution in [0, 0.1) is 5.92 Å². The lowest BCUT2D eigenvalue weighted by Gasteiger charge is -2.35. The quantitative estimate of drug-likeness (QED) is 0.596. The van der Waals surface area contributed by atoms with Crippen molar-refractivity contribution in [2.45, 2.75) is 59.4 Å². The first-order valence-electron chi connectivity index (χ1n) is 14.0. The first-order valence-corrected chi connectivity index (χ1v) is 14.0. The van der Waals surface area contributed by atoms with Crippen LogP contribution in [-0.4, -0.2) is 104 Å². The van der Waals surface area contributed by atoms with E-state index in [-0.39, 0.29) is 11.8 Å². The molecule has 0 spiro atoms. The second-order valence-corrected chi connectivity index (χ2v) is 11.3. The summed E-state index contributed by atoms with van der Waals surface area (Å²) >= 11 is 0. The van der Waals surface area contributed by atoms with Gasteiger partial charge in [0.2, 0.25) is 5.91 Å². The number of amides is 2. The molecule has 36 heavy (non-hydrogen) atoms. The number of carbonyl (C=O) groups excluding carboxylic acids is 2. The van der Waals surface area contributed by atoms with Crippen LogP contribution in [0.1, 0.15) is 68.8 Å². The number of rotatable bonds is 6. The van der Waals surface area contributed by atoms with Crippen LogP contribution < -0.4 is 4.90 Å². The van der Waals surface area contributed by atoms with Gasteiger partial charge in [0.1, 0.15) is 0 Å². The van der Waals surface area contributed by atoms with E-state index in [1.54, 1.807) is 6.92 Å². The molecule has 0 unspecified atom stereocenters. The van der Waals surface area contributed by atoms with Gasteiger partial charge in [-0.3, -0.25) is 19.4 Å². The topological polar surface area (TPSA) is 50.3 Å². The normalized spacial score (nSPS) is 19.2. The van der Waals surface area contributed by atoms with Gasteiger partial charge in [0, 0.05) is 77.1 Å². The first-order chi connectivity index (χ1) is 17.2. The Balaban J connectivity index is 1.82. The van der Waals surface area contributed by atoms with Gasteiger partial charge in [0.25, 0.3) is 5.91 Å². The number of piperazine rings is 1. The third-order valence-corrected chi connectivity index (χ3v) is 7.39. The van der Waals surface area contributed by atoms with Crippen LogP contribution in [0.5, 0.6) is 0 Å².